The molecule has 1 aromatic rings. The van der Waals surface area contributed by atoms with Gasteiger partial charge in [0.1, 0.15) is 24.4 Å². The number of methoxy groups -OCH3 is 1. The number of phenolic OH excluding ortho intramolecular Hbond substituents is 1. The maximum atomic E-state index is 11.0. The van der Waals surface area contributed by atoms with E-state index in [0.29, 0.717) is 5.56 Å². The lowest BCUT2D eigenvalue weighted by Gasteiger charge is -2.39. The van der Waals surface area contributed by atoms with Crippen LogP contribution < -0.4 is 4.74 Å². The molecule has 0 spiro atoms. The molecular weight excluding hydrogens is 336 g/mol. The lowest BCUT2D eigenvalue weighted by molar-refractivity contribution is -0.277. The zero-order valence-electron chi connectivity index (χ0n) is 13.3. The molecule has 0 saturated carbocycles. The van der Waals surface area contributed by atoms with E-state index in [1.807, 2.05) is 0 Å². The van der Waals surface area contributed by atoms with Crippen molar-refractivity contribution in [3.8, 4) is 11.5 Å². The molecule has 0 aliphatic carbocycles. The van der Waals surface area contributed by atoms with Gasteiger partial charge in [-0.25, -0.2) is 4.79 Å². The highest BCUT2D eigenvalue weighted by Gasteiger charge is 2.44. The lowest BCUT2D eigenvalue weighted by Crippen LogP contribution is -2.60. The Hall–Kier alpha value is -2.17. The van der Waals surface area contributed by atoms with E-state index >= 15 is 0 Å². The van der Waals surface area contributed by atoms with Crippen LogP contribution in [0, 0.1) is 0 Å². The second-order valence-electron chi connectivity index (χ2n) is 5.40. The molecule has 5 N–H and O–H groups in total. The van der Waals surface area contributed by atoms with Gasteiger partial charge in [-0.1, -0.05) is 6.07 Å². The van der Waals surface area contributed by atoms with Crippen LogP contribution in [0.5, 0.6) is 11.5 Å². The summed E-state index contributed by atoms with van der Waals surface area (Å²) in [5, 5.41) is 48.5. The zero-order valence-corrected chi connectivity index (χ0v) is 13.3. The molecule has 9 heteroatoms. The topological polar surface area (TPSA) is 146 Å². The molecule has 1 aliphatic rings. The van der Waals surface area contributed by atoms with E-state index in [1.54, 1.807) is 0 Å². The van der Waals surface area contributed by atoms with Gasteiger partial charge in [-0.15, -0.1) is 0 Å². The fourth-order valence-corrected chi connectivity index (χ4v) is 2.26. The van der Waals surface area contributed by atoms with Crippen LogP contribution in [0.4, 0.5) is 0 Å². The first-order chi connectivity index (χ1) is 11.9. The molecule has 0 amide bonds. The first-order valence-electron chi connectivity index (χ1n) is 7.43. The standard InChI is InChI=1S/C16H20O9/c1-23-12(19)5-3-8-2-4-10(9(18)6-8)24-16-15(22)14(21)13(20)11(7-17)25-16/h2-6,11,13-18,20-22H,7H2,1H3/b5-3+/t11-,13-,14+,15-,16-/m1/s1. The van der Waals surface area contributed by atoms with Crippen molar-refractivity contribution in [3.63, 3.8) is 0 Å². The van der Waals surface area contributed by atoms with Gasteiger partial charge in [0.25, 0.3) is 0 Å². The van der Waals surface area contributed by atoms with Gasteiger partial charge >= 0.3 is 5.97 Å². The highest BCUT2D eigenvalue weighted by atomic mass is 16.7. The average molecular weight is 356 g/mol. The van der Waals surface area contributed by atoms with E-state index < -0.39 is 43.3 Å². The summed E-state index contributed by atoms with van der Waals surface area (Å²) >= 11 is 0. The van der Waals surface area contributed by atoms with Gasteiger partial charge in [0.15, 0.2) is 11.5 Å². The summed E-state index contributed by atoms with van der Waals surface area (Å²) in [5.41, 5.74) is 0.490. The second kappa shape index (κ2) is 8.28. The maximum Gasteiger partial charge on any atom is 0.330 e. The molecule has 1 aliphatic heterocycles. The van der Waals surface area contributed by atoms with Crippen LogP contribution in [0.3, 0.4) is 0 Å². The monoisotopic (exact) mass is 356 g/mol. The minimum absolute atomic E-state index is 0.0560. The molecule has 1 aromatic carbocycles. The molecule has 0 bridgehead atoms. The smallest absolute Gasteiger partial charge is 0.330 e. The molecule has 5 atom stereocenters. The molecule has 25 heavy (non-hydrogen) atoms. The number of esters is 1. The zero-order chi connectivity index (χ0) is 18.6. The summed E-state index contributed by atoms with van der Waals surface area (Å²) < 4.78 is 15.0. The molecule has 0 aromatic heterocycles. The van der Waals surface area contributed by atoms with E-state index in [1.165, 1.54) is 37.5 Å². The molecule has 9 nitrogen and oxygen atoms in total. The Morgan fingerprint density at radius 3 is 2.56 bits per heavy atom. The van der Waals surface area contributed by atoms with Crippen molar-refractivity contribution >= 4 is 12.0 Å². The van der Waals surface area contributed by atoms with Crippen LogP contribution in [0.25, 0.3) is 6.08 Å². The number of carbonyl (C=O) groups is 1. The summed E-state index contributed by atoms with van der Waals surface area (Å²) in [7, 11) is 1.24. The Bertz CT molecular complexity index is 628. The third kappa shape index (κ3) is 4.47. The van der Waals surface area contributed by atoms with Crippen LogP contribution in [0.15, 0.2) is 24.3 Å². The number of aliphatic hydroxyl groups excluding tert-OH is 4. The van der Waals surface area contributed by atoms with Crippen LogP contribution in [0.1, 0.15) is 5.56 Å². The molecule has 0 radical (unpaired) electrons. The Labute approximate surface area is 143 Å². The van der Waals surface area contributed by atoms with Crippen LogP contribution in [-0.2, 0) is 14.3 Å². The third-order valence-corrected chi connectivity index (χ3v) is 3.69. The van der Waals surface area contributed by atoms with Gasteiger partial charge in [0, 0.05) is 6.08 Å². The molecule has 1 heterocycles. The SMILES string of the molecule is COC(=O)/C=C/c1ccc(O[C@@H]2O[C@H](CO)[C@@H](O)[C@H](O)[C@H]2O)c(O)c1. The van der Waals surface area contributed by atoms with Crippen LogP contribution in [0.2, 0.25) is 0 Å². The fraction of sp³-hybridized carbons (Fsp3) is 0.438. The molecule has 2 rings (SSSR count). The largest absolute Gasteiger partial charge is 0.504 e. The van der Waals surface area contributed by atoms with Crippen molar-refractivity contribution in [2.24, 2.45) is 0 Å². The summed E-state index contributed by atoms with van der Waals surface area (Å²) in [6, 6.07) is 4.20. The molecule has 1 saturated heterocycles. The number of hydrogen-bond acceptors (Lipinski definition) is 9. The third-order valence-electron chi connectivity index (χ3n) is 3.69. The van der Waals surface area contributed by atoms with Crippen molar-refractivity contribution in [2.75, 3.05) is 13.7 Å². The number of aliphatic hydroxyl groups is 4. The van der Waals surface area contributed by atoms with Crippen molar-refractivity contribution in [1.82, 2.24) is 0 Å². The van der Waals surface area contributed by atoms with Crippen molar-refractivity contribution < 1.29 is 44.5 Å². The normalized spacial score (nSPS) is 29.6. The summed E-state index contributed by atoms with van der Waals surface area (Å²) in [6.45, 7) is -0.589. The summed E-state index contributed by atoms with van der Waals surface area (Å²) in [6.07, 6.45) is -4.60. The predicted octanol–water partition coefficient (Wildman–Crippen LogP) is -1.24. The number of rotatable bonds is 5. The van der Waals surface area contributed by atoms with E-state index in [2.05, 4.69) is 4.74 Å². The number of carbonyl (C=O) groups excluding carboxylic acids is 1. The lowest BCUT2D eigenvalue weighted by atomic mass is 9.99. The van der Waals surface area contributed by atoms with Crippen molar-refractivity contribution in [2.45, 2.75) is 30.7 Å². The number of phenols is 1. The van der Waals surface area contributed by atoms with E-state index in [0.717, 1.165) is 0 Å². The van der Waals surface area contributed by atoms with E-state index in [-0.39, 0.29) is 11.5 Å². The quantitative estimate of drug-likeness (QED) is 0.323. The number of aromatic hydroxyl groups is 1. The fourth-order valence-electron chi connectivity index (χ4n) is 2.26. The molecule has 0 unspecified atom stereocenters. The van der Waals surface area contributed by atoms with E-state index in [4.69, 9.17) is 14.6 Å². The molecular formula is C16H20O9. The Morgan fingerprint density at radius 1 is 1.24 bits per heavy atom. The van der Waals surface area contributed by atoms with Crippen molar-refractivity contribution in [3.05, 3.63) is 29.8 Å². The number of benzene rings is 1. The van der Waals surface area contributed by atoms with E-state index in [9.17, 15) is 25.2 Å². The Kier molecular flexibility index (Phi) is 6.34. The number of hydrogen-bond donors (Lipinski definition) is 5. The average Bonchev–Trinajstić information content (AvgIpc) is 2.61. The van der Waals surface area contributed by atoms with Gasteiger partial charge in [0.2, 0.25) is 6.29 Å². The maximum absolute atomic E-state index is 11.0. The van der Waals surface area contributed by atoms with Gasteiger partial charge in [-0.3, -0.25) is 0 Å². The van der Waals surface area contributed by atoms with Crippen LogP contribution >= 0.6 is 0 Å². The van der Waals surface area contributed by atoms with Crippen molar-refractivity contribution in [1.29, 1.82) is 0 Å². The van der Waals surface area contributed by atoms with Gasteiger partial charge in [0.05, 0.1) is 13.7 Å². The first-order valence-corrected chi connectivity index (χ1v) is 7.43. The van der Waals surface area contributed by atoms with Gasteiger partial charge in [-0.05, 0) is 23.8 Å². The Balaban J connectivity index is 2.11. The highest BCUT2D eigenvalue weighted by Crippen LogP contribution is 2.31. The minimum Gasteiger partial charge on any atom is -0.504 e. The highest BCUT2D eigenvalue weighted by molar-refractivity contribution is 5.87. The summed E-state index contributed by atoms with van der Waals surface area (Å²) in [5.74, 6) is -0.912. The number of ether oxygens (including phenoxy) is 3. The molecule has 138 valence electrons. The molecule has 1 fully saturated rings. The van der Waals surface area contributed by atoms with Gasteiger partial charge < -0.3 is 39.7 Å². The van der Waals surface area contributed by atoms with Gasteiger partial charge in [-0.2, -0.15) is 0 Å². The second-order valence-corrected chi connectivity index (χ2v) is 5.40. The summed E-state index contributed by atoms with van der Waals surface area (Å²) in [4.78, 5) is 11.0. The Morgan fingerprint density at radius 2 is 1.96 bits per heavy atom. The predicted molar refractivity (Wildman–Crippen MR) is 83.6 cm³/mol. The van der Waals surface area contributed by atoms with Crippen LogP contribution in [-0.4, -0.2) is 75.9 Å². The minimum atomic E-state index is -1.59. The first kappa shape index (κ1) is 19.2.